The van der Waals surface area contributed by atoms with E-state index in [4.69, 9.17) is 11.6 Å². The third-order valence-electron chi connectivity index (χ3n) is 6.29. The fraction of sp³-hybridized carbons (Fsp3) is 0.542. The molecular formula is C24H31ClN4O2S. The molecule has 2 aromatic heterocycles. The predicted octanol–water partition coefficient (Wildman–Crippen LogP) is 5.24. The van der Waals surface area contributed by atoms with Crippen LogP contribution in [0.4, 0.5) is 5.69 Å². The lowest BCUT2D eigenvalue weighted by Crippen LogP contribution is -2.48. The minimum absolute atomic E-state index is 0.00651. The van der Waals surface area contributed by atoms with E-state index in [1.54, 1.807) is 6.20 Å². The van der Waals surface area contributed by atoms with E-state index in [-0.39, 0.29) is 23.9 Å². The first kappa shape index (κ1) is 23.1. The molecule has 172 valence electrons. The molecule has 0 radical (unpaired) electrons. The molecule has 0 bridgehead atoms. The molecule has 2 aromatic rings. The molecule has 2 amide bonds. The number of pyridine rings is 1. The molecule has 0 spiro atoms. The zero-order valence-corrected chi connectivity index (χ0v) is 20.2. The van der Waals surface area contributed by atoms with Crippen molar-refractivity contribution in [1.82, 2.24) is 15.6 Å². The summed E-state index contributed by atoms with van der Waals surface area (Å²) in [6, 6.07) is 5.46. The number of aryl methyl sites for hydroxylation is 1. The SMILES string of the molecule is Cc1ncc(Cl)cc1N[C@@H](C)c1ccc(C(=O)N[C@@H](CC2CCCC2)C(=O)NC2CC2)s1. The summed E-state index contributed by atoms with van der Waals surface area (Å²) in [7, 11) is 0. The van der Waals surface area contributed by atoms with Gasteiger partial charge in [0, 0.05) is 17.1 Å². The molecule has 6 nitrogen and oxygen atoms in total. The Morgan fingerprint density at radius 1 is 1.22 bits per heavy atom. The van der Waals surface area contributed by atoms with E-state index in [1.807, 2.05) is 32.0 Å². The molecule has 4 rings (SSSR count). The lowest BCUT2D eigenvalue weighted by molar-refractivity contribution is -0.123. The highest BCUT2D eigenvalue weighted by molar-refractivity contribution is 7.14. The van der Waals surface area contributed by atoms with E-state index in [0.29, 0.717) is 15.8 Å². The van der Waals surface area contributed by atoms with Crippen molar-refractivity contribution in [2.45, 2.75) is 76.9 Å². The van der Waals surface area contributed by atoms with Gasteiger partial charge in [-0.15, -0.1) is 11.3 Å². The highest BCUT2D eigenvalue weighted by atomic mass is 35.5. The van der Waals surface area contributed by atoms with Crippen LogP contribution in [-0.2, 0) is 4.79 Å². The average molecular weight is 475 g/mol. The van der Waals surface area contributed by atoms with E-state index < -0.39 is 6.04 Å². The minimum atomic E-state index is -0.465. The summed E-state index contributed by atoms with van der Waals surface area (Å²) in [5.41, 5.74) is 1.74. The lowest BCUT2D eigenvalue weighted by atomic mass is 9.97. The smallest absolute Gasteiger partial charge is 0.262 e. The van der Waals surface area contributed by atoms with Crippen molar-refractivity contribution in [1.29, 1.82) is 0 Å². The van der Waals surface area contributed by atoms with Gasteiger partial charge in [-0.25, -0.2) is 0 Å². The van der Waals surface area contributed by atoms with Crippen molar-refractivity contribution in [2.24, 2.45) is 5.92 Å². The molecule has 3 N–H and O–H groups in total. The minimum Gasteiger partial charge on any atom is -0.376 e. The number of nitrogens with zero attached hydrogens (tertiary/aromatic N) is 1. The number of thiophene rings is 1. The van der Waals surface area contributed by atoms with E-state index in [2.05, 4.69) is 20.9 Å². The van der Waals surface area contributed by atoms with Crippen LogP contribution < -0.4 is 16.0 Å². The Balaban J connectivity index is 1.40. The maximum absolute atomic E-state index is 13.0. The van der Waals surface area contributed by atoms with Gasteiger partial charge in [0.05, 0.1) is 27.3 Å². The van der Waals surface area contributed by atoms with Gasteiger partial charge < -0.3 is 16.0 Å². The van der Waals surface area contributed by atoms with Crippen LogP contribution in [-0.4, -0.2) is 28.9 Å². The molecular weight excluding hydrogens is 444 g/mol. The molecule has 0 aromatic carbocycles. The van der Waals surface area contributed by atoms with Gasteiger partial charge in [0.25, 0.3) is 5.91 Å². The Kier molecular flexibility index (Phi) is 7.36. The van der Waals surface area contributed by atoms with Crippen molar-refractivity contribution < 1.29 is 9.59 Å². The van der Waals surface area contributed by atoms with Crippen molar-refractivity contribution in [3.05, 3.63) is 44.9 Å². The molecule has 32 heavy (non-hydrogen) atoms. The number of amides is 2. The number of aromatic nitrogens is 1. The molecule has 0 saturated heterocycles. The normalized spacial score (nSPS) is 18.2. The van der Waals surface area contributed by atoms with Crippen LogP contribution >= 0.6 is 22.9 Å². The first-order valence-electron chi connectivity index (χ1n) is 11.5. The summed E-state index contributed by atoms with van der Waals surface area (Å²) in [6.45, 7) is 3.97. The van der Waals surface area contributed by atoms with E-state index in [0.717, 1.165) is 48.4 Å². The summed E-state index contributed by atoms with van der Waals surface area (Å²) < 4.78 is 0. The van der Waals surface area contributed by atoms with Gasteiger partial charge in [-0.3, -0.25) is 14.6 Å². The largest absolute Gasteiger partial charge is 0.376 e. The number of halogens is 1. The number of hydrogen-bond acceptors (Lipinski definition) is 5. The van der Waals surface area contributed by atoms with E-state index >= 15 is 0 Å². The average Bonchev–Trinajstić information content (AvgIpc) is 3.22. The second kappa shape index (κ2) is 10.2. The molecule has 2 aliphatic rings. The Morgan fingerprint density at radius 2 is 1.97 bits per heavy atom. The van der Waals surface area contributed by atoms with Crippen LogP contribution in [0.5, 0.6) is 0 Å². The molecule has 2 saturated carbocycles. The molecule has 0 unspecified atom stereocenters. The quantitative estimate of drug-likeness (QED) is 0.464. The topological polar surface area (TPSA) is 83.1 Å². The summed E-state index contributed by atoms with van der Waals surface area (Å²) >= 11 is 7.52. The van der Waals surface area contributed by atoms with Crippen LogP contribution in [0.25, 0.3) is 0 Å². The van der Waals surface area contributed by atoms with Crippen LogP contribution in [0, 0.1) is 12.8 Å². The molecule has 8 heteroatoms. The Hall–Kier alpha value is -2.12. The summed E-state index contributed by atoms with van der Waals surface area (Å²) in [4.78, 5) is 31.7. The van der Waals surface area contributed by atoms with Gasteiger partial charge in [0.15, 0.2) is 0 Å². The molecule has 2 atom stereocenters. The standard InChI is InChI=1S/C24H31ClN4O2S/c1-14-19(12-17(25)13-26-14)27-15(2)21-9-10-22(32-21)24(31)29-20(11-16-5-3-4-6-16)23(30)28-18-7-8-18/h9-10,12-13,15-16,18,20,27H,3-8,11H2,1-2H3,(H,28,30)(H,29,31)/t15-,20-/m0/s1. The summed E-state index contributed by atoms with van der Waals surface area (Å²) in [5.74, 6) is 0.300. The molecule has 0 aliphatic heterocycles. The number of carbonyl (C=O) groups excluding carboxylic acids is 2. The van der Waals surface area contributed by atoms with Crippen molar-refractivity contribution >= 4 is 40.4 Å². The number of rotatable bonds is 9. The Morgan fingerprint density at radius 3 is 2.69 bits per heavy atom. The maximum atomic E-state index is 13.0. The third kappa shape index (κ3) is 6.01. The lowest BCUT2D eigenvalue weighted by Gasteiger charge is -2.21. The van der Waals surface area contributed by atoms with Gasteiger partial charge in [-0.05, 0) is 57.2 Å². The first-order chi connectivity index (χ1) is 15.4. The molecule has 2 aliphatic carbocycles. The Bertz CT molecular complexity index is 969. The van der Waals surface area contributed by atoms with Gasteiger partial charge in [-0.2, -0.15) is 0 Å². The monoisotopic (exact) mass is 474 g/mol. The maximum Gasteiger partial charge on any atom is 0.262 e. The zero-order valence-electron chi connectivity index (χ0n) is 18.6. The van der Waals surface area contributed by atoms with Crippen LogP contribution in [0.2, 0.25) is 5.02 Å². The van der Waals surface area contributed by atoms with Crippen molar-refractivity contribution in [3.63, 3.8) is 0 Å². The van der Waals surface area contributed by atoms with E-state index in [9.17, 15) is 9.59 Å². The van der Waals surface area contributed by atoms with Crippen LogP contribution in [0.15, 0.2) is 24.4 Å². The van der Waals surface area contributed by atoms with Crippen molar-refractivity contribution in [2.75, 3.05) is 5.32 Å². The number of hydrogen-bond donors (Lipinski definition) is 3. The number of carbonyl (C=O) groups is 2. The van der Waals surface area contributed by atoms with E-state index in [1.165, 1.54) is 24.2 Å². The first-order valence-corrected chi connectivity index (χ1v) is 12.7. The van der Waals surface area contributed by atoms with Gasteiger partial charge in [0.1, 0.15) is 6.04 Å². The third-order valence-corrected chi connectivity index (χ3v) is 7.77. The zero-order chi connectivity index (χ0) is 22.7. The fourth-order valence-electron chi connectivity index (χ4n) is 4.24. The highest BCUT2D eigenvalue weighted by Gasteiger charge is 2.31. The number of nitrogens with one attached hydrogen (secondary N) is 3. The van der Waals surface area contributed by atoms with Crippen LogP contribution in [0.1, 0.15) is 78.2 Å². The highest BCUT2D eigenvalue weighted by Crippen LogP contribution is 2.30. The molecule has 2 fully saturated rings. The van der Waals surface area contributed by atoms with Crippen molar-refractivity contribution in [3.8, 4) is 0 Å². The van der Waals surface area contributed by atoms with Crippen LogP contribution in [0.3, 0.4) is 0 Å². The fourth-order valence-corrected chi connectivity index (χ4v) is 5.31. The summed E-state index contributed by atoms with van der Waals surface area (Å²) in [5, 5.41) is 10.1. The second-order valence-corrected chi connectivity index (χ2v) is 10.6. The predicted molar refractivity (Wildman–Crippen MR) is 129 cm³/mol. The van der Waals surface area contributed by atoms with Gasteiger partial charge in [0.2, 0.25) is 5.91 Å². The Labute approximate surface area is 198 Å². The van der Waals surface area contributed by atoms with Gasteiger partial charge >= 0.3 is 0 Å². The number of anilines is 1. The second-order valence-electron chi connectivity index (χ2n) is 9.05. The summed E-state index contributed by atoms with van der Waals surface area (Å²) in [6.07, 6.45) is 9.16. The van der Waals surface area contributed by atoms with Gasteiger partial charge in [-0.1, -0.05) is 37.3 Å². The molecule has 2 heterocycles.